The van der Waals surface area contributed by atoms with Crippen molar-refractivity contribution in [3.63, 3.8) is 0 Å². The SMILES string of the molecule is N#CC1=C(N)N(c2nnc(SCC(=O)Nc3nccs3)s2)C2=C(C(=O)CCC2)C1c1cccc(Cl)c1. The monoisotopic (exact) mass is 555 g/mol. The third-order valence-electron chi connectivity index (χ3n) is 5.69. The van der Waals surface area contributed by atoms with Crippen LogP contribution >= 0.6 is 46.0 Å². The van der Waals surface area contributed by atoms with Crippen molar-refractivity contribution in [2.75, 3.05) is 16.0 Å². The van der Waals surface area contributed by atoms with Crippen molar-refractivity contribution in [2.45, 2.75) is 29.5 Å². The topological polar surface area (TPSA) is 138 Å². The molecule has 9 nitrogen and oxygen atoms in total. The Kier molecular flexibility index (Phi) is 7.06. The molecule has 0 saturated carbocycles. The van der Waals surface area contributed by atoms with Gasteiger partial charge in [0, 0.05) is 34.3 Å². The van der Waals surface area contributed by atoms with E-state index < -0.39 is 5.92 Å². The number of ketones is 1. The third-order valence-corrected chi connectivity index (χ3v) is 8.65. The predicted octanol–water partition coefficient (Wildman–Crippen LogP) is 4.68. The van der Waals surface area contributed by atoms with E-state index in [4.69, 9.17) is 17.3 Å². The van der Waals surface area contributed by atoms with Crippen LogP contribution in [0.3, 0.4) is 0 Å². The number of nitriles is 1. The van der Waals surface area contributed by atoms with Gasteiger partial charge in [0.05, 0.1) is 23.3 Å². The van der Waals surface area contributed by atoms with Crippen LogP contribution in [0.2, 0.25) is 5.02 Å². The van der Waals surface area contributed by atoms with Gasteiger partial charge in [-0.05, 0) is 30.5 Å². The molecule has 0 fully saturated rings. The normalized spacial score (nSPS) is 17.7. The lowest BCUT2D eigenvalue weighted by atomic mass is 9.76. The van der Waals surface area contributed by atoms with Crippen molar-refractivity contribution in [1.82, 2.24) is 15.2 Å². The number of nitrogens with two attached hydrogens (primary N) is 1. The molecule has 3 aromatic rings. The molecule has 0 spiro atoms. The van der Waals surface area contributed by atoms with Crippen molar-refractivity contribution < 1.29 is 9.59 Å². The van der Waals surface area contributed by atoms with Crippen molar-refractivity contribution >= 4 is 68.0 Å². The Hall–Kier alpha value is -3.24. The van der Waals surface area contributed by atoms with Gasteiger partial charge < -0.3 is 11.1 Å². The molecule has 1 unspecified atom stereocenters. The number of Topliss-reactive ketones (excluding diaryl/α,β-unsaturated/α-hetero) is 1. The number of anilines is 2. The van der Waals surface area contributed by atoms with E-state index in [2.05, 4.69) is 26.6 Å². The maximum atomic E-state index is 13.2. The minimum atomic E-state index is -0.593. The number of rotatable bonds is 6. The molecule has 1 aliphatic carbocycles. The fraction of sp³-hybridized carbons (Fsp3) is 0.217. The van der Waals surface area contributed by atoms with E-state index >= 15 is 0 Å². The van der Waals surface area contributed by atoms with Gasteiger partial charge in [-0.2, -0.15) is 5.26 Å². The summed E-state index contributed by atoms with van der Waals surface area (Å²) in [6.07, 6.45) is 3.29. The largest absolute Gasteiger partial charge is 0.384 e. The highest BCUT2D eigenvalue weighted by molar-refractivity contribution is 8.01. The van der Waals surface area contributed by atoms with Crippen molar-refractivity contribution in [2.24, 2.45) is 5.73 Å². The van der Waals surface area contributed by atoms with E-state index in [1.165, 1.54) is 34.4 Å². The molecule has 1 aromatic carbocycles. The molecule has 3 N–H and O–H groups in total. The zero-order valence-electron chi connectivity index (χ0n) is 18.6. The lowest BCUT2D eigenvalue weighted by Gasteiger charge is -2.38. The maximum Gasteiger partial charge on any atom is 0.236 e. The second kappa shape index (κ2) is 10.4. The average Bonchev–Trinajstić information content (AvgIpc) is 3.54. The van der Waals surface area contributed by atoms with E-state index in [0.29, 0.717) is 44.5 Å². The number of thiazole rings is 1. The first kappa shape index (κ1) is 24.5. The summed E-state index contributed by atoms with van der Waals surface area (Å²) in [5, 5.41) is 24.6. The Morgan fingerprint density at radius 2 is 2.22 bits per heavy atom. The van der Waals surface area contributed by atoms with E-state index in [-0.39, 0.29) is 28.8 Å². The Morgan fingerprint density at radius 1 is 1.36 bits per heavy atom. The summed E-state index contributed by atoms with van der Waals surface area (Å²) in [4.78, 5) is 31.1. The quantitative estimate of drug-likeness (QED) is 0.415. The van der Waals surface area contributed by atoms with Crippen LogP contribution < -0.4 is 16.0 Å². The molecule has 2 aliphatic rings. The summed E-state index contributed by atoms with van der Waals surface area (Å²) in [6.45, 7) is 0. The van der Waals surface area contributed by atoms with Crippen LogP contribution in [-0.4, -0.2) is 32.6 Å². The van der Waals surface area contributed by atoms with Crippen molar-refractivity contribution in [3.8, 4) is 6.07 Å². The number of hydrogen-bond acceptors (Lipinski definition) is 11. The third kappa shape index (κ3) is 4.75. The van der Waals surface area contributed by atoms with Crippen LogP contribution in [0.5, 0.6) is 0 Å². The molecule has 5 rings (SSSR count). The number of benzene rings is 1. The number of nitrogens with zero attached hydrogens (tertiary/aromatic N) is 5. The highest BCUT2D eigenvalue weighted by atomic mass is 35.5. The second-order valence-electron chi connectivity index (χ2n) is 7.90. The van der Waals surface area contributed by atoms with Gasteiger partial charge in [0.15, 0.2) is 15.3 Å². The molecule has 0 saturated heterocycles. The summed E-state index contributed by atoms with van der Waals surface area (Å²) in [6, 6.07) is 9.36. The van der Waals surface area contributed by atoms with E-state index in [9.17, 15) is 14.9 Å². The van der Waals surface area contributed by atoms with E-state index in [0.717, 1.165) is 11.3 Å². The van der Waals surface area contributed by atoms with Gasteiger partial charge in [-0.1, -0.05) is 46.8 Å². The van der Waals surface area contributed by atoms with Crippen LogP contribution in [0.1, 0.15) is 30.7 Å². The van der Waals surface area contributed by atoms with Gasteiger partial charge in [-0.15, -0.1) is 21.5 Å². The first-order valence-electron chi connectivity index (χ1n) is 10.8. The number of allylic oxidation sites excluding steroid dienone is 3. The molecule has 1 aliphatic heterocycles. The fourth-order valence-electron chi connectivity index (χ4n) is 4.24. The molecule has 2 aromatic heterocycles. The minimum absolute atomic E-state index is 0.0237. The van der Waals surface area contributed by atoms with Crippen LogP contribution in [0.25, 0.3) is 0 Å². The predicted molar refractivity (Wildman–Crippen MR) is 141 cm³/mol. The van der Waals surface area contributed by atoms with Crippen LogP contribution in [0.15, 0.2) is 62.8 Å². The number of carbonyl (C=O) groups excluding carboxylic acids is 2. The molecular weight excluding hydrogens is 538 g/mol. The van der Waals surface area contributed by atoms with Crippen LogP contribution in [0, 0.1) is 11.3 Å². The van der Waals surface area contributed by atoms with Gasteiger partial charge in [-0.25, -0.2) is 4.98 Å². The van der Waals surface area contributed by atoms with Gasteiger partial charge >= 0.3 is 0 Å². The fourth-order valence-corrected chi connectivity index (χ4v) is 6.67. The van der Waals surface area contributed by atoms with Gasteiger partial charge in [0.1, 0.15) is 5.82 Å². The Bertz CT molecular complexity index is 1440. The molecular formula is C23H18ClN7O2S3. The van der Waals surface area contributed by atoms with Crippen LogP contribution in [-0.2, 0) is 9.59 Å². The molecule has 13 heteroatoms. The Balaban J connectivity index is 1.46. The van der Waals surface area contributed by atoms with E-state index in [1.807, 2.05) is 6.07 Å². The van der Waals surface area contributed by atoms with E-state index in [1.54, 1.807) is 34.7 Å². The number of hydrogen-bond donors (Lipinski definition) is 2. The number of amides is 1. The maximum absolute atomic E-state index is 13.2. The summed E-state index contributed by atoms with van der Waals surface area (Å²) in [5.74, 6) is -0.478. The van der Waals surface area contributed by atoms with Crippen molar-refractivity contribution in [1.29, 1.82) is 5.26 Å². The molecule has 1 amide bonds. The van der Waals surface area contributed by atoms with Gasteiger partial charge in [0.25, 0.3) is 0 Å². The molecule has 1 atom stereocenters. The Labute approximate surface area is 223 Å². The summed E-state index contributed by atoms with van der Waals surface area (Å²) in [7, 11) is 0. The number of carbonyl (C=O) groups is 2. The standard InChI is InChI=1S/C23H18ClN7O2S3/c24-13-4-1-3-12(9-13)18-14(10-25)20(26)31(15-5-2-6-16(32)19(15)18)22-29-30-23(36-22)35-11-17(33)28-21-27-7-8-34-21/h1,3-4,7-9,18H,2,5-6,11,26H2,(H,27,28,33). The molecule has 0 radical (unpaired) electrons. The molecule has 182 valence electrons. The lowest BCUT2D eigenvalue weighted by Crippen LogP contribution is -2.38. The van der Waals surface area contributed by atoms with Crippen LogP contribution in [0.4, 0.5) is 10.3 Å². The molecule has 36 heavy (non-hydrogen) atoms. The summed E-state index contributed by atoms with van der Waals surface area (Å²) >= 11 is 10.0. The highest BCUT2D eigenvalue weighted by Gasteiger charge is 2.41. The minimum Gasteiger partial charge on any atom is -0.384 e. The lowest BCUT2D eigenvalue weighted by molar-refractivity contribution is -0.116. The first-order chi connectivity index (χ1) is 17.5. The Morgan fingerprint density at radius 3 is 2.97 bits per heavy atom. The molecule has 3 heterocycles. The van der Waals surface area contributed by atoms with Gasteiger partial charge in [0.2, 0.25) is 11.0 Å². The second-order valence-corrected chi connectivity index (χ2v) is 11.4. The number of aromatic nitrogens is 3. The first-order valence-corrected chi connectivity index (χ1v) is 13.9. The molecule has 0 bridgehead atoms. The number of thioether (sulfide) groups is 1. The number of halogens is 1. The summed E-state index contributed by atoms with van der Waals surface area (Å²) < 4.78 is 0.562. The summed E-state index contributed by atoms with van der Waals surface area (Å²) in [5.41, 5.74) is 8.83. The highest BCUT2D eigenvalue weighted by Crippen LogP contribution is 2.47. The zero-order valence-corrected chi connectivity index (χ0v) is 21.8. The smallest absolute Gasteiger partial charge is 0.236 e. The van der Waals surface area contributed by atoms with Crippen molar-refractivity contribution in [3.05, 3.63) is 69.1 Å². The zero-order chi connectivity index (χ0) is 25.2. The average molecular weight is 556 g/mol. The van der Waals surface area contributed by atoms with Gasteiger partial charge in [-0.3, -0.25) is 14.5 Å². The number of nitrogens with one attached hydrogen (secondary N) is 1.